The highest BCUT2D eigenvalue weighted by atomic mass is 28.4. The molecule has 0 bridgehead atoms. The van der Waals surface area contributed by atoms with E-state index in [9.17, 15) is 0 Å². The maximum absolute atomic E-state index is 6.03. The van der Waals surface area contributed by atoms with Gasteiger partial charge in [-0.25, -0.2) is 0 Å². The highest BCUT2D eigenvalue weighted by Crippen LogP contribution is 2.38. The van der Waals surface area contributed by atoms with Gasteiger partial charge in [0.15, 0.2) is 0 Å². The van der Waals surface area contributed by atoms with Crippen molar-refractivity contribution in [1.29, 1.82) is 0 Å². The average Bonchev–Trinajstić information content (AvgIpc) is 2.48. The van der Waals surface area contributed by atoms with E-state index in [1.165, 1.54) is 0 Å². The zero-order chi connectivity index (χ0) is 17.9. The third kappa shape index (κ3) is 6.93. The Kier molecular flexibility index (Phi) is 11.8. The Morgan fingerprint density at radius 3 is 1.26 bits per heavy atom. The van der Waals surface area contributed by atoms with Gasteiger partial charge in [-0.15, -0.1) is 0 Å². The summed E-state index contributed by atoms with van der Waals surface area (Å²) in [5.41, 5.74) is 0.552. The van der Waals surface area contributed by atoms with Crippen LogP contribution in [-0.2, 0) is 22.1 Å². The molecule has 0 aliphatic heterocycles. The van der Waals surface area contributed by atoms with Crippen LogP contribution in [0, 0.1) is 0 Å². The first-order valence-corrected chi connectivity index (χ1v) is 13.2. The molecule has 0 saturated carbocycles. The van der Waals surface area contributed by atoms with Crippen LogP contribution >= 0.6 is 0 Å². The summed E-state index contributed by atoms with van der Waals surface area (Å²) in [7, 11) is -4.88. The second kappa shape index (κ2) is 11.7. The highest BCUT2D eigenvalue weighted by Gasteiger charge is 2.49. The van der Waals surface area contributed by atoms with E-state index < -0.39 is 17.4 Å². The maximum Gasteiger partial charge on any atom is 0.503 e. The lowest BCUT2D eigenvalue weighted by Gasteiger charge is -2.38. The molecule has 5 nitrogen and oxygen atoms in total. The van der Waals surface area contributed by atoms with Crippen LogP contribution in [0.3, 0.4) is 0 Å². The maximum atomic E-state index is 6.03. The first-order chi connectivity index (χ1) is 10.9. The Hall–Kier alpha value is 0.234. The van der Waals surface area contributed by atoms with E-state index in [0.717, 1.165) is 6.42 Å². The molecule has 2 atom stereocenters. The molecule has 0 fully saturated rings. The molecule has 0 aliphatic carbocycles. The van der Waals surface area contributed by atoms with Crippen molar-refractivity contribution in [2.75, 3.05) is 33.0 Å². The molecular formula is C16H38O5Si2. The topological polar surface area (TPSA) is 46.2 Å². The van der Waals surface area contributed by atoms with E-state index in [1.807, 2.05) is 34.6 Å². The lowest BCUT2D eigenvalue weighted by Crippen LogP contribution is -2.51. The fraction of sp³-hybridized carbons (Fsp3) is 1.00. The lowest BCUT2D eigenvalue weighted by atomic mass is 10.3. The normalized spacial score (nSPS) is 15.7. The van der Waals surface area contributed by atoms with Crippen molar-refractivity contribution in [3.8, 4) is 0 Å². The minimum atomic E-state index is -2.68. The van der Waals surface area contributed by atoms with Gasteiger partial charge in [0.2, 0.25) is 0 Å². The Morgan fingerprint density at radius 1 is 0.609 bits per heavy atom. The molecule has 0 heterocycles. The van der Waals surface area contributed by atoms with Gasteiger partial charge in [0.1, 0.15) is 0 Å². The molecular weight excluding hydrogens is 328 g/mol. The summed E-state index contributed by atoms with van der Waals surface area (Å²) in [4.78, 5) is 0. The minimum absolute atomic E-state index is 0.213. The third-order valence-corrected chi connectivity index (χ3v) is 11.4. The first-order valence-electron chi connectivity index (χ1n) is 9.05. The van der Waals surface area contributed by atoms with Crippen molar-refractivity contribution in [2.45, 2.75) is 72.5 Å². The number of hydrogen-bond acceptors (Lipinski definition) is 5. The molecule has 0 aromatic rings. The van der Waals surface area contributed by atoms with Crippen LogP contribution < -0.4 is 0 Å². The van der Waals surface area contributed by atoms with E-state index in [4.69, 9.17) is 22.1 Å². The average molecular weight is 367 g/mol. The molecule has 0 rings (SSSR count). The van der Waals surface area contributed by atoms with Crippen LogP contribution in [-0.4, -0.2) is 50.4 Å². The smallest absolute Gasteiger partial charge is 0.394 e. The zero-order valence-corrected chi connectivity index (χ0v) is 18.4. The monoisotopic (exact) mass is 366 g/mol. The molecule has 0 aromatic heterocycles. The van der Waals surface area contributed by atoms with Crippen molar-refractivity contribution in [3.05, 3.63) is 0 Å². The summed E-state index contributed by atoms with van der Waals surface area (Å²) in [5, 5.41) is 0. The Balaban J connectivity index is 5.16. The molecule has 0 radical (unpaired) electrons. The van der Waals surface area contributed by atoms with Crippen LogP contribution in [0.4, 0.5) is 0 Å². The Bertz CT molecular complexity index is 281. The van der Waals surface area contributed by atoms with Crippen LogP contribution in [0.2, 0.25) is 17.6 Å². The number of rotatable bonds is 14. The second-order valence-corrected chi connectivity index (χ2v) is 12.5. The van der Waals surface area contributed by atoms with Gasteiger partial charge in [0.25, 0.3) is 0 Å². The molecule has 23 heavy (non-hydrogen) atoms. The molecule has 2 unspecified atom stereocenters. The van der Waals surface area contributed by atoms with E-state index in [2.05, 4.69) is 20.4 Å². The van der Waals surface area contributed by atoms with Gasteiger partial charge < -0.3 is 22.1 Å². The summed E-state index contributed by atoms with van der Waals surface area (Å²) in [5.74, 6) is 0. The van der Waals surface area contributed by atoms with Gasteiger partial charge in [-0.1, -0.05) is 13.8 Å². The minimum Gasteiger partial charge on any atom is -0.394 e. The summed E-state index contributed by atoms with van der Waals surface area (Å²) >= 11 is 0. The fourth-order valence-corrected chi connectivity index (χ4v) is 8.71. The summed E-state index contributed by atoms with van der Waals surface area (Å²) in [6.45, 7) is 19.8. The fourth-order valence-electron chi connectivity index (χ4n) is 2.94. The van der Waals surface area contributed by atoms with Crippen molar-refractivity contribution < 1.29 is 22.1 Å². The van der Waals surface area contributed by atoms with E-state index >= 15 is 0 Å². The Labute approximate surface area is 145 Å². The Morgan fingerprint density at radius 2 is 0.957 bits per heavy atom. The van der Waals surface area contributed by atoms with E-state index in [-0.39, 0.29) is 5.54 Å². The van der Waals surface area contributed by atoms with Crippen molar-refractivity contribution in [3.63, 3.8) is 0 Å². The van der Waals surface area contributed by atoms with Gasteiger partial charge in [-0.2, -0.15) is 0 Å². The molecule has 0 amide bonds. The van der Waals surface area contributed by atoms with Gasteiger partial charge in [0.05, 0.1) is 0 Å². The second-order valence-electron chi connectivity index (χ2n) is 5.82. The molecule has 0 aliphatic rings. The molecule has 0 N–H and O–H groups in total. The largest absolute Gasteiger partial charge is 0.503 e. The SMILES string of the molecule is CCO[Si](C)(OCC)C(C)CC(C)[Si](OCC)(OCC)OCC. The van der Waals surface area contributed by atoms with E-state index in [1.54, 1.807) is 0 Å². The quantitative estimate of drug-likeness (QED) is 0.428. The highest BCUT2D eigenvalue weighted by molar-refractivity contribution is 6.68. The van der Waals surface area contributed by atoms with Crippen LogP contribution in [0.1, 0.15) is 54.9 Å². The molecule has 0 saturated heterocycles. The van der Waals surface area contributed by atoms with E-state index in [0.29, 0.717) is 38.6 Å². The summed E-state index contributed by atoms with van der Waals surface area (Å²) < 4.78 is 30.2. The predicted molar refractivity (Wildman–Crippen MR) is 99.0 cm³/mol. The standard InChI is InChI=1S/C16H38O5Si2/c1-9-17-22(8,18-10-2)15(6)14-16(7)23(19-11-3,20-12-4)21-13-5/h15-16H,9-14H2,1-8H3. The van der Waals surface area contributed by atoms with Gasteiger partial charge in [-0.3, -0.25) is 0 Å². The third-order valence-electron chi connectivity index (χ3n) is 4.10. The van der Waals surface area contributed by atoms with Crippen LogP contribution in [0.25, 0.3) is 0 Å². The first kappa shape index (κ1) is 23.2. The summed E-state index contributed by atoms with van der Waals surface area (Å²) in [6.07, 6.45) is 0.926. The lowest BCUT2D eigenvalue weighted by molar-refractivity contribution is 0.0608. The molecule has 0 spiro atoms. The molecule has 140 valence electrons. The van der Waals surface area contributed by atoms with Crippen molar-refractivity contribution >= 4 is 17.4 Å². The number of hydrogen-bond donors (Lipinski definition) is 0. The summed E-state index contributed by atoms with van der Waals surface area (Å²) in [6, 6.07) is 0. The van der Waals surface area contributed by atoms with Gasteiger partial charge in [0, 0.05) is 38.6 Å². The van der Waals surface area contributed by atoms with Gasteiger partial charge >= 0.3 is 17.4 Å². The van der Waals surface area contributed by atoms with Crippen LogP contribution in [0.5, 0.6) is 0 Å². The predicted octanol–water partition coefficient (Wildman–Crippen LogP) is 4.35. The zero-order valence-electron chi connectivity index (χ0n) is 16.4. The van der Waals surface area contributed by atoms with Crippen molar-refractivity contribution in [1.82, 2.24) is 0 Å². The molecule has 7 heteroatoms. The van der Waals surface area contributed by atoms with Crippen molar-refractivity contribution in [2.24, 2.45) is 0 Å². The van der Waals surface area contributed by atoms with Crippen LogP contribution in [0.15, 0.2) is 0 Å². The van der Waals surface area contributed by atoms with Gasteiger partial charge in [-0.05, 0) is 53.1 Å². The molecule has 0 aromatic carbocycles.